The Morgan fingerprint density at radius 3 is 2.03 bits per heavy atom. The third kappa shape index (κ3) is 6.36. The zero-order valence-electron chi connectivity index (χ0n) is 16.3. The minimum absolute atomic E-state index is 0.109. The van der Waals surface area contributed by atoms with E-state index in [1.807, 2.05) is 30.3 Å². The number of carbonyl (C=O) groups excluding carboxylic acids is 1. The summed E-state index contributed by atoms with van der Waals surface area (Å²) in [6, 6.07) is 22.1. The molecule has 160 valence electrons. The Morgan fingerprint density at radius 2 is 1.42 bits per heavy atom. The number of thiocarbonyl (C=S) groups is 1. The minimum Gasteiger partial charge on any atom is -0.361 e. The Morgan fingerprint density at radius 1 is 0.839 bits per heavy atom. The highest BCUT2D eigenvalue weighted by Gasteiger charge is 2.18. The second-order valence-electron chi connectivity index (χ2n) is 6.55. The molecule has 1 amide bonds. The van der Waals surface area contributed by atoms with Crippen LogP contribution in [0, 0.1) is 0 Å². The molecule has 0 fully saturated rings. The van der Waals surface area contributed by atoms with Crippen LogP contribution in [-0.2, 0) is 16.3 Å². The smallest absolute Gasteiger partial charge is 0.269 e. The van der Waals surface area contributed by atoms with Gasteiger partial charge in [0.25, 0.3) is 5.91 Å². The van der Waals surface area contributed by atoms with Crippen LogP contribution in [0.3, 0.4) is 0 Å². The number of benzene rings is 3. The maximum absolute atomic E-state index is 12.7. The fraction of sp³-hybridized carbons (Fsp3) is 0.0909. The number of hydrogen-bond acceptors (Lipinski definition) is 4. The van der Waals surface area contributed by atoms with E-state index in [0.717, 1.165) is 10.9 Å². The van der Waals surface area contributed by atoms with Crippen molar-refractivity contribution in [1.29, 1.82) is 0 Å². The lowest BCUT2D eigenvalue weighted by Gasteiger charge is -2.12. The molecule has 0 heterocycles. The lowest BCUT2D eigenvalue weighted by atomic mass is 10.1. The van der Waals surface area contributed by atoms with Crippen LogP contribution in [0.25, 0.3) is 0 Å². The van der Waals surface area contributed by atoms with Crippen molar-refractivity contribution in [2.24, 2.45) is 0 Å². The van der Waals surface area contributed by atoms with E-state index in [1.165, 1.54) is 42.0 Å². The molecule has 3 N–H and O–H groups in total. The van der Waals surface area contributed by atoms with E-state index in [0.29, 0.717) is 17.2 Å². The monoisotopic (exact) mass is 517 g/mol. The highest BCUT2D eigenvalue weighted by molar-refractivity contribution is 9.10. The average Bonchev–Trinajstić information content (AvgIpc) is 2.78. The number of halogens is 1. The molecule has 3 rings (SSSR count). The van der Waals surface area contributed by atoms with Gasteiger partial charge in [0.1, 0.15) is 0 Å². The van der Waals surface area contributed by atoms with Crippen molar-refractivity contribution >= 4 is 49.0 Å². The van der Waals surface area contributed by atoms with Crippen molar-refractivity contribution in [3.63, 3.8) is 0 Å². The molecule has 0 bridgehead atoms. The fourth-order valence-electron chi connectivity index (χ4n) is 2.73. The first-order valence-electron chi connectivity index (χ1n) is 9.35. The molecule has 9 heteroatoms. The van der Waals surface area contributed by atoms with Crippen LogP contribution in [0.5, 0.6) is 0 Å². The Balaban J connectivity index is 1.51. The van der Waals surface area contributed by atoms with E-state index < -0.39 is 15.7 Å². The van der Waals surface area contributed by atoms with Crippen molar-refractivity contribution in [1.82, 2.24) is 16.2 Å². The van der Waals surface area contributed by atoms with Gasteiger partial charge in [0, 0.05) is 16.6 Å². The number of rotatable bonds is 6. The second-order valence-corrected chi connectivity index (χ2v) is 9.83. The van der Waals surface area contributed by atoms with E-state index in [4.69, 9.17) is 12.2 Å². The molecule has 0 unspecified atom stereocenters. The summed E-state index contributed by atoms with van der Waals surface area (Å²) in [5, 5.41) is 3.30. The van der Waals surface area contributed by atoms with Crippen molar-refractivity contribution in [2.75, 3.05) is 6.54 Å². The van der Waals surface area contributed by atoms with Gasteiger partial charge in [-0.25, -0.2) is 8.42 Å². The lowest BCUT2D eigenvalue weighted by Crippen LogP contribution is -2.47. The standard InChI is InChI=1S/C22H20BrN3O3S2/c23-18-8-12-20(13-9-18)31(28,29)19-10-6-17(7-11-19)21(27)25-26-22(30)24-15-14-16-4-2-1-3-5-16/h1-13H,14-15H2,(H,25,27)(H2,24,26,30). The predicted octanol–water partition coefficient (Wildman–Crippen LogP) is 3.63. The SMILES string of the molecule is O=C(NNC(=S)NCCc1ccccc1)c1ccc(S(=O)(=O)c2ccc(Br)cc2)cc1. The van der Waals surface area contributed by atoms with Crippen LogP contribution < -0.4 is 16.2 Å². The maximum Gasteiger partial charge on any atom is 0.269 e. The van der Waals surface area contributed by atoms with Gasteiger partial charge in [-0.2, -0.15) is 0 Å². The van der Waals surface area contributed by atoms with E-state index >= 15 is 0 Å². The molecule has 0 saturated carbocycles. The summed E-state index contributed by atoms with van der Waals surface area (Å²) in [7, 11) is -3.66. The van der Waals surface area contributed by atoms with Crippen molar-refractivity contribution in [3.05, 3.63) is 94.5 Å². The Kier molecular flexibility index (Phi) is 7.78. The van der Waals surface area contributed by atoms with Crippen LogP contribution in [0.1, 0.15) is 15.9 Å². The predicted molar refractivity (Wildman–Crippen MR) is 127 cm³/mol. The molecule has 0 aliphatic heterocycles. The number of hydrogen-bond donors (Lipinski definition) is 3. The number of amides is 1. The largest absolute Gasteiger partial charge is 0.361 e. The molecule has 0 atom stereocenters. The molecular formula is C22H20BrN3O3S2. The highest BCUT2D eigenvalue weighted by Crippen LogP contribution is 2.22. The highest BCUT2D eigenvalue weighted by atomic mass is 79.9. The molecule has 0 aromatic heterocycles. The summed E-state index contributed by atoms with van der Waals surface area (Å²) in [5.41, 5.74) is 6.62. The quantitative estimate of drug-likeness (QED) is 0.341. The number of nitrogens with one attached hydrogen (secondary N) is 3. The van der Waals surface area contributed by atoms with E-state index in [1.54, 1.807) is 12.1 Å². The zero-order chi connectivity index (χ0) is 22.3. The molecule has 3 aromatic rings. The summed E-state index contributed by atoms with van der Waals surface area (Å²) in [4.78, 5) is 12.6. The molecule has 0 radical (unpaired) electrons. The van der Waals surface area contributed by atoms with Gasteiger partial charge < -0.3 is 5.32 Å². The summed E-state index contributed by atoms with van der Waals surface area (Å²) in [6.07, 6.45) is 0.797. The summed E-state index contributed by atoms with van der Waals surface area (Å²) in [6.45, 7) is 0.619. The Hall–Kier alpha value is -2.75. The number of sulfone groups is 1. The van der Waals surface area contributed by atoms with Crippen molar-refractivity contribution in [2.45, 2.75) is 16.2 Å². The van der Waals surface area contributed by atoms with Gasteiger partial charge in [-0.15, -0.1) is 0 Å². The van der Waals surface area contributed by atoms with Gasteiger partial charge in [0.15, 0.2) is 5.11 Å². The average molecular weight is 518 g/mol. The van der Waals surface area contributed by atoms with Crippen LogP contribution in [0.4, 0.5) is 0 Å². The van der Waals surface area contributed by atoms with Gasteiger partial charge in [-0.1, -0.05) is 46.3 Å². The molecule has 0 saturated heterocycles. The van der Waals surface area contributed by atoms with Gasteiger partial charge >= 0.3 is 0 Å². The normalized spacial score (nSPS) is 10.9. The van der Waals surface area contributed by atoms with Gasteiger partial charge in [-0.3, -0.25) is 15.6 Å². The van der Waals surface area contributed by atoms with Gasteiger partial charge in [-0.05, 0) is 72.7 Å². The Bertz CT molecular complexity index is 1150. The second kappa shape index (κ2) is 10.5. The van der Waals surface area contributed by atoms with Crippen LogP contribution >= 0.6 is 28.1 Å². The zero-order valence-corrected chi connectivity index (χ0v) is 19.6. The fourth-order valence-corrected chi connectivity index (χ4v) is 4.41. The van der Waals surface area contributed by atoms with E-state index in [2.05, 4.69) is 32.1 Å². The van der Waals surface area contributed by atoms with Gasteiger partial charge in [0.05, 0.1) is 9.79 Å². The number of carbonyl (C=O) groups is 1. The first kappa shape index (κ1) is 22.9. The molecule has 3 aromatic carbocycles. The van der Waals surface area contributed by atoms with Crippen molar-refractivity contribution < 1.29 is 13.2 Å². The third-order valence-electron chi connectivity index (χ3n) is 4.38. The van der Waals surface area contributed by atoms with Crippen LogP contribution in [0.2, 0.25) is 0 Å². The molecular weight excluding hydrogens is 498 g/mol. The first-order chi connectivity index (χ1) is 14.9. The topological polar surface area (TPSA) is 87.3 Å². The summed E-state index contributed by atoms with van der Waals surface area (Å²) >= 11 is 8.44. The summed E-state index contributed by atoms with van der Waals surface area (Å²) < 4.78 is 26.2. The minimum atomic E-state index is -3.66. The summed E-state index contributed by atoms with van der Waals surface area (Å²) in [5.74, 6) is -0.431. The molecule has 0 aliphatic rings. The molecule has 31 heavy (non-hydrogen) atoms. The lowest BCUT2D eigenvalue weighted by molar-refractivity contribution is 0.0943. The molecule has 0 spiro atoms. The van der Waals surface area contributed by atoms with Crippen molar-refractivity contribution in [3.8, 4) is 0 Å². The van der Waals surface area contributed by atoms with Gasteiger partial charge in [0.2, 0.25) is 9.84 Å². The van der Waals surface area contributed by atoms with Crippen LogP contribution in [-0.4, -0.2) is 26.0 Å². The first-order valence-corrected chi connectivity index (χ1v) is 12.0. The molecule has 6 nitrogen and oxygen atoms in total. The third-order valence-corrected chi connectivity index (χ3v) is 6.94. The van der Waals surface area contributed by atoms with E-state index in [-0.39, 0.29) is 9.79 Å². The molecule has 0 aliphatic carbocycles. The van der Waals surface area contributed by atoms with Crippen LogP contribution in [0.15, 0.2) is 93.1 Å². The maximum atomic E-state index is 12.7. The van der Waals surface area contributed by atoms with E-state index in [9.17, 15) is 13.2 Å². The number of hydrazine groups is 1. The Labute approximate surface area is 195 Å².